The molecule has 4 heteroatoms. The number of hydrogen-bond acceptors (Lipinski definition) is 4. The third kappa shape index (κ3) is 2.84. The van der Waals surface area contributed by atoms with Crippen LogP contribution in [0.3, 0.4) is 0 Å². The minimum atomic E-state index is -0.911. The molecule has 4 nitrogen and oxygen atoms in total. The summed E-state index contributed by atoms with van der Waals surface area (Å²) in [5.41, 5.74) is 5.69. The van der Waals surface area contributed by atoms with Gasteiger partial charge in [-0.1, -0.05) is 30.3 Å². The molecule has 0 spiro atoms. The first kappa shape index (κ1) is 13.7. The van der Waals surface area contributed by atoms with Gasteiger partial charge in [0.1, 0.15) is 5.41 Å². The fourth-order valence-electron chi connectivity index (χ4n) is 1.79. The zero-order chi connectivity index (χ0) is 12.7. The minimum Gasteiger partial charge on any atom is -0.465 e. The minimum absolute atomic E-state index is 0.156. The maximum atomic E-state index is 12.1. The molecule has 0 saturated carbocycles. The second-order valence-corrected chi connectivity index (χ2v) is 3.81. The van der Waals surface area contributed by atoms with E-state index in [1.165, 1.54) is 0 Å². The zero-order valence-corrected chi connectivity index (χ0v) is 10.3. The normalized spacial score (nSPS) is 14.1. The van der Waals surface area contributed by atoms with Gasteiger partial charge in [-0.2, -0.15) is 0 Å². The summed E-state index contributed by atoms with van der Waals surface area (Å²) in [4.78, 5) is 12.1. The first-order chi connectivity index (χ1) is 8.21. The first-order valence-corrected chi connectivity index (χ1v) is 5.63. The highest BCUT2D eigenvalue weighted by Gasteiger charge is 2.40. The predicted molar refractivity (Wildman–Crippen MR) is 65.7 cm³/mol. The van der Waals surface area contributed by atoms with Gasteiger partial charge in [-0.3, -0.25) is 4.79 Å². The average Bonchev–Trinajstić information content (AvgIpc) is 2.37. The number of benzene rings is 1. The Kier molecular flexibility index (Phi) is 5.12. The lowest BCUT2D eigenvalue weighted by Gasteiger charge is -2.29. The van der Waals surface area contributed by atoms with E-state index in [9.17, 15) is 4.79 Å². The smallest absolute Gasteiger partial charge is 0.320 e. The van der Waals surface area contributed by atoms with Crippen LogP contribution in [0.15, 0.2) is 30.3 Å². The molecule has 1 aromatic rings. The molecule has 1 unspecified atom stereocenters. The molecular formula is C13H19NO3. The van der Waals surface area contributed by atoms with Crippen molar-refractivity contribution in [2.45, 2.75) is 12.3 Å². The highest BCUT2D eigenvalue weighted by molar-refractivity contribution is 5.83. The lowest BCUT2D eigenvalue weighted by atomic mass is 9.81. The Bertz CT molecular complexity index is 353. The van der Waals surface area contributed by atoms with Gasteiger partial charge in [-0.25, -0.2) is 0 Å². The number of nitrogens with two attached hydrogens (primary N) is 1. The zero-order valence-electron chi connectivity index (χ0n) is 10.3. The molecule has 1 rings (SSSR count). The largest absolute Gasteiger partial charge is 0.465 e. The van der Waals surface area contributed by atoms with E-state index >= 15 is 0 Å². The molecule has 1 aromatic carbocycles. The van der Waals surface area contributed by atoms with E-state index in [0.717, 1.165) is 5.56 Å². The second-order valence-electron chi connectivity index (χ2n) is 3.81. The number of ether oxygens (including phenoxy) is 2. The van der Waals surface area contributed by atoms with Gasteiger partial charge in [0.2, 0.25) is 0 Å². The van der Waals surface area contributed by atoms with Crippen molar-refractivity contribution >= 4 is 5.97 Å². The van der Waals surface area contributed by atoms with Crippen LogP contribution in [-0.2, 0) is 19.7 Å². The van der Waals surface area contributed by atoms with Crippen molar-refractivity contribution in [3.8, 4) is 0 Å². The first-order valence-electron chi connectivity index (χ1n) is 5.63. The number of rotatable bonds is 6. The summed E-state index contributed by atoms with van der Waals surface area (Å²) in [5, 5.41) is 0. The molecule has 0 aliphatic rings. The Hall–Kier alpha value is -1.39. The van der Waals surface area contributed by atoms with Crippen molar-refractivity contribution in [2.24, 2.45) is 5.73 Å². The Morgan fingerprint density at radius 3 is 2.47 bits per heavy atom. The van der Waals surface area contributed by atoms with Gasteiger partial charge in [0.05, 0.1) is 13.2 Å². The predicted octanol–water partition coefficient (Wildman–Crippen LogP) is 1.09. The fraction of sp³-hybridized carbons (Fsp3) is 0.462. The number of carbonyl (C=O) groups is 1. The molecule has 17 heavy (non-hydrogen) atoms. The summed E-state index contributed by atoms with van der Waals surface area (Å²) in [7, 11) is 1.55. The van der Waals surface area contributed by atoms with Crippen molar-refractivity contribution in [2.75, 3.05) is 26.9 Å². The molecule has 94 valence electrons. The average molecular weight is 237 g/mol. The van der Waals surface area contributed by atoms with E-state index in [-0.39, 0.29) is 19.1 Å². The van der Waals surface area contributed by atoms with Crippen molar-refractivity contribution in [1.82, 2.24) is 0 Å². The molecule has 0 fully saturated rings. The molecule has 0 aliphatic heterocycles. The molecule has 0 amide bonds. The van der Waals surface area contributed by atoms with Crippen LogP contribution in [0.2, 0.25) is 0 Å². The third-order valence-corrected chi connectivity index (χ3v) is 2.73. The standard InChI is InChI=1S/C13H19NO3/c1-3-17-12(15)13(9-14,10-16-2)11-7-5-4-6-8-11/h4-8H,3,9-10,14H2,1-2H3. The van der Waals surface area contributed by atoms with Crippen LogP contribution < -0.4 is 5.73 Å². The summed E-state index contributed by atoms with van der Waals surface area (Å²) in [6, 6.07) is 9.36. The molecule has 0 saturated heterocycles. The maximum Gasteiger partial charge on any atom is 0.320 e. The maximum absolute atomic E-state index is 12.1. The summed E-state index contributed by atoms with van der Waals surface area (Å²) < 4.78 is 10.2. The van der Waals surface area contributed by atoms with Crippen LogP contribution in [0.5, 0.6) is 0 Å². The fourth-order valence-corrected chi connectivity index (χ4v) is 1.79. The van der Waals surface area contributed by atoms with E-state index in [1.54, 1.807) is 14.0 Å². The van der Waals surface area contributed by atoms with E-state index < -0.39 is 5.41 Å². The molecule has 0 heterocycles. The van der Waals surface area contributed by atoms with E-state index in [1.807, 2.05) is 30.3 Å². The highest BCUT2D eigenvalue weighted by Crippen LogP contribution is 2.25. The third-order valence-electron chi connectivity index (χ3n) is 2.73. The van der Waals surface area contributed by atoms with Gasteiger partial charge < -0.3 is 15.2 Å². The van der Waals surface area contributed by atoms with Gasteiger partial charge in [0, 0.05) is 13.7 Å². The molecule has 0 bridgehead atoms. The molecular weight excluding hydrogens is 218 g/mol. The van der Waals surface area contributed by atoms with Crippen LogP contribution in [0, 0.1) is 0 Å². The molecule has 0 radical (unpaired) electrons. The van der Waals surface area contributed by atoms with Crippen molar-refractivity contribution in [1.29, 1.82) is 0 Å². The Balaban J connectivity index is 3.12. The Morgan fingerprint density at radius 2 is 2.00 bits per heavy atom. The van der Waals surface area contributed by atoms with Gasteiger partial charge in [0.15, 0.2) is 0 Å². The van der Waals surface area contributed by atoms with Crippen LogP contribution in [0.1, 0.15) is 12.5 Å². The van der Waals surface area contributed by atoms with Gasteiger partial charge in [-0.05, 0) is 12.5 Å². The van der Waals surface area contributed by atoms with Crippen molar-refractivity contribution in [3.05, 3.63) is 35.9 Å². The topological polar surface area (TPSA) is 61.5 Å². The second kappa shape index (κ2) is 6.37. The summed E-state index contributed by atoms with van der Waals surface area (Å²) in [6.07, 6.45) is 0. The van der Waals surface area contributed by atoms with Gasteiger partial charge in [0.25, 0.3) is 0 Å². The van der Waals surface area contributed by atoms with Gasteiger partial charge in [-0.15, -0.1) is 0 Å². The highest BCUT2D eigenvalue weighted by atomic mass is 16.5. The number of esters is 1. The molecule has 2 N–H and O–H groups in total. The lowest BCUT2D eigenvalue weighted by molar-refractivity contribution is -0.152. The summed E-state index contributed by atoms with van der Waals surface area (Å²) in [5.74, 6) is -0.337. The van der Waals surface area contributed by atoms with Gasteiger partial charge >= 0.3 is 5.97 Å². The van der Waals surface area contributed by atoms with E-state index in [2.05, 4.69) is 0 Å². The molecule has 1 atom stereocenters. The number of methoxy groups -OCH3 is 1. The summed E-state index contributed by atoms with van der Waals surface area (Å²) >= 11 is 0. The SMILES string of the molecule is CCOC(=O)C(CN)(COC)c1ccccc1. The molecule has 0 aromatic heterocycles. The monoisotopic (exact) mass is 237 g/mol. The quantitative estimate of drug-likeness (QED) is 0.752. The Labute approximate surface area is 102 Å². The van der Waals surface area contributed by atoms with Crippen molar-refractivity contribution in [3.63, 3.8) is 0 Å². The van der Waals surface area contributed by atoms with Crippen LogP contribution in [-0.4, -0.2) is 32.8 Å². The van der Waals surface area contributed by atoms with Crippen LogP contribution >= 0.6 is 0 Å². The van der Waals surface area contributed by atoms with Crippen LogP contribution in [0.25, 0.3) is 0 Å². The number of carbonyl (C=O) groups excluding carboxylic acids is 1. The number of hydrogen-bond donors (Lipinski definition) is 1. The van der Waals surface area contributed by atoms with E-state index in [0.29, 0.717) is 6.61 Å². The molecule has 0 aliphatic carbocycles. The summed E-state index contributed by atoms with van der Waals surface area (Å²) in [6.45, 7) is 2.48. The van der Waals surface area contributed by atoms with E-state index in [4.69, 9.17) is 15.2 Å². The Morgan fingerprint density at radius 1 is 1.35 bits per heavy atom. The van der Waals surface area contributed by atoms with Crippen molar-refractivity contribution < 1.29 is 14.3 Å². The lowest BCUT2D eigenvalue weighted by Crippen LogP contribution is -2.47. The van der Waals surface area contributed by atoms with Crippen LogP contribution in [0.4, 0.5) is 0 Å².